The maximum Gasteiger partial charge on any atom is 0.208 e. The van der Waals surface area contributed by atoms with Crippen molar-refractivity contribution >= 4 is 10.0 Å². The Morgan fingerprint density at radius 2 is 2.33 bits per heavy atom. The van der Waals surface area contributed by atoms with E-state index in [1.54, 1.807) is 0 Å². The van der Waals surface area contributed by atoms with Crippen molar-refractivity contribution in [2.24, 2.45) is 0 Å². The SMILES string of the molecule is CCCCc1ncc(CN2CCOCC(O)(CNS(C)(=O)=O)C2)[nH]1. The summed E-state index contributed by atoms with van der Waals surface area (Å²) < 4.78 is 30.4. The molecule has 0 radical (unpaired) electrons. The lowest BCUT2D eigenvalue weighted by molar-refractivity contribution is -0.0323. The molecule has 1 aliphatic rings. The zero-order valence-corrected chi connectivity index (χ0v) is 15.2. The van der Waals surface area contributed by atoms with Gasteiger partial charge in [0, 0.05) is 44.5 Å². The molecule has 1 aliphatic heterocycles. The summed E-state index contributed by atoms with van der Waals surface area (Å²) in [4.78, 5) is 9.74. The number of aryl methyl sites for hydroxylation is 1. The Balaban J connectivity index is 1.95. The number of aromatic nitrogens is 2. The van der Waals surface area contributed by atoms with Gasteiger partial charge in [0.1, 0.15) is 11.4 Å². The quantitative estimate of drug-likeness (QED) is 0.596. The first-order chi connectivity index (χ1) is 11.3. The van der Waals surface area contributed by atoms with Crippen molar-refractivity contribution in [3.8, 4) is 0 Å². The van der Waals surface area contributed by atoms with E-state index in [-0.39, 0.29) is 13.2 Å². The first-order valence-electron chi connectivity index (χ1n) is 8.29. The monoisotopic (exact) mass is 360 g/mol. The molecule has 0 aromatic carbocycles. The van der Waals surface area contributed by atoms with Crippen LogP contribution in [0.2, 0.25) is 0 Å². The fourth-order valence-electron chi connectivity index (χ4n) is 2.70. The van der Waals surface area contributed by atoms with Gasteiger partial charge in [0.25, 0.3) is 0 Å². The summed E-state index contributed by atoms with van der Waals surface area (Å²) in [5.41, 5.74) is -0.258. The summed E-state index contributed by atoms with van der Waals surface area (Å²) in [5.74, 6) is 0.979. The molecule has 24 heavy (non-hydrogen) atoms. The number of imidazole rings is 1. The first-order valence-corrected chi connectivity index (χ1v) is 10.2. The van der Waals surface area contributed by atoms with Crippen molar-refractivity contribution in [1.82, 2.24) is 19.6 Å². The minimum Gasteiger partial charge on any atom is -0.385 e. The van der Waals surface area contributed by atoms with Crippen LogP contribution in [0.5, 0.6) is 0 Å². The Hall–Kier alpha value is -1.00. The molecule has 0 saturated carbocycles. The molecule has 1 fully saturated rings. The molecule has 0 amide bonds. The van der Waals surface area contributed by atoms with E-state index in [0.717, 1.165) is 37.0 Å². The number of nitrogens with zero attached hydrogens (tertiary/aromatic N) is 2. The van der Waals surface area contributed by atoms with Crippen LogP contribution >= 0.6 is 0 Å². The lowest BCUT2D eigenvalue weighted by atomic mass is 10.1. The number of aromatic amines is 1. The van der Waals surface area contributed by atoms with Crippen molar-refractivity contribution < 1.29 is 18.3 Å². The van der Waals surface area contributed by atoms with Gasteiger partial charge < -0.3 is 14.8 Å². The number of aliphatic hydroxyl groups is 1. The molecule has 0 spiro atoms. The maximum atomic E-state index is 11.3. The Kier molecular flexibility index (Phi) is 6.76. The predicted molar refractivity (Wildman–Crippen MR) is 91.1 cm³/mol. The number of β-amino-alcohol motifs (C(OH)–C–C–N with tert-alkyl or cyclic N) is 1. The van der Waals surface area contributed by atoms with Crippen molar-refractivity contribution in [3.63, 3.8) is 0 Å². The molecule has 2 heterocycles. The standard InChI is InChI=1S/C15H28N4O4S/c1-3-4-5-14-16-8-13(18-14)9-19-6-7-23-12-15(20,11-19)10-17-24(2,21)22/h8,17,20H,3-7,9-12H2,1-2H3,(H,16,18). The number of hydrogen-bond acceptors (Lipinski definition) is 6. The number of unbranched alkanes of at least 4 members (excludes halogenated alkanes) is 1. The van der Waals surface area contributed by atoms with E-state index in [1.165, 1.54) is 0 Å². The van der Waals surface area contributed by atoms with Crippen LogP contribution in [0.4, 0.5) is 0 Å². The Morgan fingerprint density at radius 1 is 1.54 bits per heavy atom. The number of nitrogens with one attached hydrogen (secondary N) is 2. The molecule has 0 aliphatic carbocycles. The normalized spacial score (nSPS) is 23.3. The van der Waals surface area contributed by atoms with Gasteiger partial charge in [0.15, 0.2) is 0 Å². The molecule has 1 atom stereocenters. The molecular formula is C15H28N4O4S. The van der Waals surface area contributed by atoms with Gasteiger partial charge in [-0.25, -0.2) is 18.1 Å². The highest BCUT2D eigenvalue weighted by Gasteiger charge is 2.33. The van der Waals surface area contributed by atoms with Crippen LogP contribution in [0.1, 0.15) is 31.3 Å². The van der Waals surface area contributed by atoms with E-state index in [1.807, 2.05) is 11.1 Å². The largest absolute Gasteiger partial charge is 0.385 e. The van der Waals surface area contributed by atoms with E-state index in [2.05, 4.69) is 21.6 Å². The van der Waals surface area contributed by atoms with Crippen LogP contribution in [-0.2, 0) is 27.7 Å². The van der Waals surface area contributed by atoms with E-state index in [0.29, 0.717) is 26.2 Å². The zero-order chi connectivity index (χ0) is 17.6. The minimum atomic E-state index is -3.36. The fraction of sp³-hybridized carbons (Fsp3) is 0.800. The average Bonchev–Trinajstić information content (AvgIpc) is 2.85. The van der Waals surface area contributed by atoms with Crippen molar-refractivity contribution in [3.05, 3.63) is 17.7 Å². The third-order valence-corrected chi connectivity index (χ3v) is 4.61. The van der Waals surface area contributed by atoms with Gasteiger partial charge in [-0.3, -0.25) is 4.90 Å². The fourth-order valence-corrected chi connectivity index (χ4v) is 3.23. The molecule has 1 unspecified atom stereocenters. The van der Waals surface area contributed by atoms with Gasteiger partial charge in [-0.1, -0.05) is 13.3 Å². The highest BCUT2D eigenvalue weighted by molar-refractivity contribution is 7.88. The van der Waals surface area contributed by atoms with Crippen LogP contribution < -0.4 is 4.72 Å². The highest BCUT2D eigenvalue weighted by atomic mass is 32.2. The van der Waals surface area contributed by atoms with Crippen molar-refractivity contribution in [2.45, 2.75) is 38.3 Å². The summed E-state index contributed by atoms with van der Waals surface area (Å²) in [7, 11) is -3.36. The Morgan fingerprint density at radius 3 is 3.04 bits per heavy atom. The number of sulfonamides is 1. The molecule has 138 valence electrons. The number of rotatable bonds is 8. The maximum absolute atomic E-state index is 11.3. The summed E-state index contributed by atoms with van der Waals surface area (Å²) >= 11 is 0. The smallest absolute Gasteiger partial charge is 0.208 e. The molecule has 1 aromatic heterocycles. The van der Waals surface area contributed by atoms with Crippen LogP contribution in [-0.4, -0.2) is 73.1 Å². The number of ether oxygens (including phenoxy) is 1. The molecule has 8 nitrogen and oxygen atoms in total. The van der Waals surface area contributed by atoms with E-state index in [4.69, 9.17) is 4.74 Å². The van der Waals surface area contributed by atoms with Crippen molar-refractivity contribution in [1.29, 1.82) is 0 Å². The third kappa shape index (κ3) is 6.48. The summed E-state index contributed by atoms with van der Waals surface area (Å²) in [6, 6.07) is 0. The second-order valence-corrected chi connectivity index (χ2v) is 8.37. The van der Waals surface area contributed by atoms with Gasteiger partial charge in [0.2, 0.25) is 10.0 Å². The molecule has 2 rings (SSSR count). The van der Waals surface area contributed by atoms with Gasteiger partial charge in [-0.05, 0) is 6.42 Å². The van der Waals surface area contributed by atoms with Crippen LogP contribution in [0.25, 0.3) is 0 Å². The zero-order valence-electron chi connectivity index (χ0n) is 14.4. The Labute approximate surface area is 143 Å². The molecular weight excluding hydrogens is 332 g/mol. The third-order valence-electron chi connectivity index (χ3n) is 3.95. The van der Waals surface area contributed by atoms with Crippen LogP contribution in [0.15, 0.2) is 6.20 Å². The average molecular weight is 360 g/mol. The van der Waals surface area contributed by atoms with Gasteiger partial charge in [-0.2, -0.15) is 0 Å². The van der Waals surface area contributed by atoms with E-state index >= 15 is 0 Å². The lowest BCUT2D eigenvalue weighted by Gasteiger charge is -2.30. The van der Waals surface area contributed by atoms with Gasteiger partial charge in [-0.15, -0.1) is 0 Å². The Bertz CT molecular complexity index is 619. The van der Waals surface area contributed by atoms with Crippen LogP contribution in [0, 0.1) is 0 Å². The second-order valence-electron chi connectivity index (χ2n) is 6.54. The molecule has 1 saturated heterocycles. The summed E-state index contributed by atoms with van der Waals surface area (Å²) in [6.07, 6.45) is 6.06. The number of hydrogen-bond donors (Lipinski definition) is 3. The molecule has 0 bridgehead atoms. The van der Waals surface area contributed by atoms with Gasteiger partial charge >= 0.3 is 0 Å². The van der Waals surface area contributed by atoms with Gasteiger partial charge in [0.05, 0.1) is 19.5 Å². The topological polar surface area (TPSA) is 108 Å². The predicted octanol–water partition coefficient (Wildman–Crippen LogP) is -0.135. The minimum absolute atomic E-state index is 0.0624. The molecule has 1 aromatic rings. The lowest BCUT2D eigenvalue weighted by Crippen LogP contribution is -2.52. The summed E-state index contributed by atoms with van der Waals surface area (Å²) in [6.45, 7) is 4.31. The van der Waals surface area contributed by atoms with E-state index in [9.17, 15) is 13.5 Å². The molecule has 9 heteroatoms. The summed E-state index contributed by atoms with van der Waals surface area (Å²) in [5, 5.41) is 10.7. The van der Waals surface area contributed by atoms with Crippen LogP contribution in [0.3, 0.4) is 0 Å². The first kappa shape index (κ1) is 19.3. The second kappa shape index (κ2) is 8.39. The molecule has 3 N–H and O–H groups in total. The van der Waals surface area contributed by atoms with Crippen molar-refractivity contribution in [2.75, 3.05) is 39.1 Å². The number of H-pyrrole nitrogens is 1. The van der Waals surface area contributed by atoms with E-state index < -0.39 is 15.6 Å². The highest BCUT2D eigenvalue weighted by Crippen LogP contribution is 2.14.